The van der Waals surface area contributed by atoms with E-state index in [1.54, 1.807) is 31.4 Å². The Kier molecular flexibility index (Phi) is 6.35. The first-order chi connectivity index (χ1) is 15.5. The first-order valence-electron chi connectivity index (χ1n) is 11.0. The van der Waals surface area contributed by atoms with Gasteiger partial charge in [-0.3, -0.25) is 14.6 Å². The minimum absolute atomic E-state index is 0.00531. The van der Waals surface area contributed by atoms with Gasteiger partial charge in [-0.2, -0.15) is 0 Å². The fourth-order valence-electron chi connectivity index (χ4n) is 4.69. The van der Waals surface area contributed by atoms with Crippen molar-refractivity contribution in [2.75, 3.05) is 27.2 Å². The summed E-state index contributed by atoms with van der Waals surface area (Å²) in [5, 5.41) is 0. The molecule has 5 nitrogen and oxygen atoms in total. The lowest BCUT2D eigenvalue weighted by Gasteiger charge is -2.43. The highest BCUT2D eigenvalue weighted by Gasteiger charge is 2.44. The van der Waals surface area contributed by atoms with E-state index in [0.717, 1.165) is 29.5 Å². The molecule has 0 N–H and O–H groups in total. The van der Waals surface area contributed by atoms with Gasteiger partial charge in [-0.05, 0) is 60.2 Å². The number of nitrogens with zero attached hydrogens (tertiary/aromatic N) is 3. The van der Waals surface area contributed by atoms with E-state index in [1.807, 2.05) is 47.4 Å². The highest BCUT2D eigenvalue weighted by Crippen LogP contribution is 2.36. The highest BCUT2D eigenvalue weighted by molar-refractivity contribution is 5.95. The number of hydrogen-bond acceptors (Lipinski definition) is 3. The molecule has 0 bridgehead atoms. The number of carbonyl (C=O) groups excluding carboxylic acids is 2. The molecule has 2 heterocycles. The zero-order chi connectivity index (χ0) is 22.6. The van der Waals surface area contributed by atoms with Gasteiger partial charge in [-0.25, -0.2) is 0 Å². The van der Waals surface area contributed by atoms with Crippen molar-refractivity contribution in [1.29, 1.82) is 0 Å². The second-order valence-corrected chi connectivity index (χ2v) is 8.79. The lowest BCUT2D eigenvalue weighted by atomic mass is 9.73. The fraction of sp³-hybridized carbons (Fsp3) is 0.296. The molecule has 0 radical (unpaired) electrons. The number of amides is 2. The van der Waals surface area contributed by atoms with E-state index in [4.69, 9.17) is 0 Å². The third-order valence-electron chi connectivity index (χ3n) is 6.25. The van der Waals surface area contributed by atoms with Gasteiger partial charge in [0.1, 0.15) is 0 Å². The van der Waals surface area contributed by atoms with Gasteiger partial charge in [-0.15, -0.1) is 0 Å². The summed E-state index contributed by atoms with van der Waals surface area (Å²) in [4.78, 5) is 34.1. The zero-order valence-corrected chi connectivity index (χ0v) is 18.7. The van der Waals surface area contributed by atoms with Crippen molar-refractivity contribution >= 4 is 11.8 Å². The van der Waals surface area contributed by atoms with Crippen LogP contribution in [0.5, 0.6) is 0 Å². The molecular formula is C27H29N3O2. The number of carbonyl (C=O) groups is 2. The van der Waals surface area contributed by atoms with Gasteiger partial charge in [0.25, 0.3) is 5.91 Å². The molecule has 5 heteroatoms. The van der Waals surface area contributed by atoms with Crippen molar-refractivity contribution in [1.82, 2.24) is 14.8 Å². The molecule has 1 aromatic heterocycles. The average Bonchev–Trinajstić information content (AvgIpc) is 2.84. The van der Waals surface area contributed by atoms with Gasteiger partial charge in [0.2, 0.25) is 5.91 Å². The van der Waals surface area contributed by atoms with Crippen LogP contribution in [0.25, 0.3) is 11.1 Å². The second-order valence-electron chi connectivity index (χ2n) is 8.79. The normalized spacial score (nSPS) is 18.2. The van der Waals surface area contributed by atoms with Crippen LogP contribution in [0.2, 0.25) is 0 Å². The van der Waals surface area contributed by atoms with Crippen LogP contribution in [0.3, 0.4) is 0 Å². The van der Waals surface area contributed by atoms with Crippen molar-refractivity contribution in [2.45, 2.75) is 19.3 Å². The van der Waals surface area contributed by atoms with Crippen LogP contribution in [0, 0.1) is 5.41 Å². The maximum absolute atomic E-state index is 13.4. The van der Waals surface area contributed by atoms with Gasteiger partial charge in [-0.1, -0.05) is 42.5 Å². The predicted molar refractivity (Wildman–Crippen MR) is 126 cm³/mol. The lowest BCUT2D eigenvalue weighted by molar-refractivity contribution is -0.142. The first-order valence-corrected chi connectivity index (χ1v) is 11.0. The maximum Gasteiger partial charge on any atom is 0.253 e. The summed E-state index contributed by atoms with van der Waals surface area (Å²) in [6, 6.07) is 21.7. The van der Waals surface area contributed by atoms with Gasteiger partial charge in [0.15, 0.2) is 0 Å². The van der Waals surface area contributed by atoms with Gasteiger partial charge >= 0.3 is 0 Å². The summed E-state index contributed by atoms with van der Waals surface area (Å²) < 4.78 is 0. The van der Waals surface area contributed by atoms with E-state index in [9.17, 15) is 9.59 Å². The van der Waals surface area contributed by atoms with Crippen molar-refractivity contribution in [3.8, 4) is 11.1 Å². The second kappa shape index (κ2) is 9.35. The molecule has 1 aliphatic rings. The molecule has 1 aliphatic heterocycles. The maximum atomic E-state index is 13.4. The molecule has 1 atom stereocenters. The van der Waals surface area contributed by atoms with Crippen LogP contribution in [-0.2, 0) is 11.2 Å². The Morgan fingerprint density at radius 3 is 2.25 bits per heavy atom. The number of aromatic nitrogens is 1. The Labute approximate surface area is 189 Å². The van der Waals surface area contributed by atoms with E-state index >= 15 is 0 Å². The number of benzene rings is 2. The van der Waals surface area contributed by atoms with E-state index in [-0.39, 0.29) is 11.8 Å². The smallest absolute Gasteiger partial charge is 0.253 e. The molecular weight excluding hydrogens is 398 g/mol. The minimum atomic E-state index is -0.621. The SMILES string of the molecule is CN(C)C(=O)C1(Cc2ccc(-c3ccncc3)cc2)CCCN(C(=O)c2ccccc2)C1. The molecule has 164 valence electrons. The monoisotopic (exact) mass is 427 g/mol. The van der Waals surface area contributed by atoms with Crippen molar-refractivity contribution in [3.63, 3.8) is 0 Å². The lowest BCUT2D eigenvalue weighted by Crippen LogP contribution is -2.54. The van der Waals surface area contributed by atoms with Crippen LogP contribution in [-0.4, -0.2) is 53.8 Å². The highest BCUT2D eigenvalue weighted by atomic mass is 16.2. The van der Waals surface area contributed by atoms with E-state index < -0.39 is 5.41 Å². The molecule has 1 unspecified atom stereocenters. The van der Waals surface area contributed by atoms with Crippen LogP contribution in [0.15, 0.2) is 79.1 Å². The molecule has 4 rings (SSSR count). The predicted octanol–water partition coefficient (Wildman–Crippen LogP) is 4.30. The Morgan fingerprint density at radius 1 is 0.938 bits per heavy atom. The molecule has 2 amide bonds. The summed E-state index contributed by atoms with van der Waals surface area (Å²) in [5.74, 6) is 0.0792. The zero-order valence-electron chi connectivity index (χ0n) is 18.7. The minimum Gasteiger partial charge on any atom is -0.348 e. The van der Waals surface area contributed by atoms with E-state index in [2.05, 4.69) is 29.2 Å². The molecule has 0 aliphatic carbocycles. The molecule has 2 aromatic carbocycles. The molecule has 32 heavy (non-hydrogen) atoms. The van der Waals surface area contributed by atoms with E-state index in [0.29, 0.717) is 25.1 Å². The number of pyridine rings is 1. The molecule has 0 saturated carbocycles. The Balaban J connectivity index is 1.59. The quantitative estimate of drug-likeness (QED) is 0.610. The Bertz CT molecular complexity index is 1070. The summed E-state index contributed by atoms with van der Waals surface area (Å²) in [6.45, 7) is 1.11. The largest absolute Gasteiger partial charge is 0.348 e. The standard InChI is InChI=1S/C27H29N3O2/c1-29(2)26(32)27(15-6-18-30(20-27)25(31)24-7-4-3-5-8-24)19-21-9-11-22(12-10-21)23-13-16-28-17-14-23/h3-5,7-14,16-17H,6,15,18-20H2,1-2H3. The van der Waals surface area contributed by atoms with Crippen molar-refractivity contribution in [2.24, 2.45) is 5.41 Å². The topological polar surface area (TPSA) is 53.5 Å². The Hall–Kier alpha value is -3.47. The number of piperidine rings is 1. The number of likely N-dealkylation sites (tertiary alicyclic amines) is 1. The third kappa shape index (κ3) is 4.57. The van der Waals surface area contributed by atoms with Crippen LogP contribution in [0.4, 0.5) is 0 Å². The number of rotatable bonds is 5. The molecule has 3 aromatic rings. The van der Waals surface area contributed by atoms with Crippen LogP contribution < -0.4 is 0 Å². The summed E-state index contributed by atoms with van der Waals surface area (Å²) in [7, 11) is 3.60. The van der Waals surface area contributed by atoms with Gasteiger partial charge in [0, 0.05) is 45.1 Å². The fourth-order valence-corrected chi connectivity index (χ4v) is 4.69. The Morgan fingerprint density at radius 2 is 1.59 bits per heavy atom. The summed E-state index contributed by atoms with van der Waals surface area (Å²) in [5.41, 5.74) is 3.38. The van der Waals surface area contributed by atoms with Gasteiger partial charge < -0.3 is 9.80 Å². The number of hydrogen-bond donors (Lipinski definition) is 0. The van der Waals surface area contributed by atoms with Crippen LogP contribution in [0.1, 0.15) is 28.8 Å². The van der Waals surface area contributed by atoms with Crippen LogP contribution >= 0.6 is 0 Å². The summed E-state index contributed by atoms with van der Waals surface area (Å²) >= 11 is 0. The summed E-state index contributed by atoms with van der Waals surface area (Å²) in [6.07, 6.45) is 5.77. The molecule has 1 saturated heterocycles. The van der Waals surface area contributed by atoms with Crippen molar-refractivity contribution in [3.05, 3.63) is 90.3 Å². The van der Waals surface area contributed by atoms with Gasteiger partial charge in [0.05, 0.1) is 5.41 Å². The molecule has 0 spiro atoms. The molecule has 1 fully saturated rings. The van der Waals surface area contributed by atoms with E-state index in [1.165, 1.54) is 0 Å². The first kappa shape index (κ1) is 21.8. The third-order valence-corrected chi connectivity index (χ3v) is 6.25. The average molecular weight is 428 g/mol. The van der Waals surface area contributed by atoms with Crippen molar-refractivity contribution < 1.29 is 9.59 Å².